The van der Waals surface area contributed by atoms with Crippen molar-refractivity contribution in [1.29, 1.82) is 0 Å². The molecule has 2 fully saturated rings. The number of carbonyl (C=O) groups is 1. The van der Waals surface area contributed by atoms with Crippen LogP contribution in [-0.4, -0.2) is 42.9 Å². The molecular weight excluding hydrogens is 519 g/mol. The molecule has 0 saturated carbocycles. The Kier molecular flexibility index (Phi) is 6.14. The number of nitrogens with two attached hydrogens (primary N) is 1. The summed E-state index contributed by atoms with van der Waals surface area (Å²) >= 11 is 0. The van der Waals surface area contributed by atoms with Crippen LogP contribution < -0.4 is 5.73 Å². The fourth-order valence-corrected chi connectivity index (χ4v) is 6.36. The Labute approximate surface area is 229 Å². The summed E-state index contributed by atoms with van der Waals surface area (Å²) in [6.07, 6.45) is 2.29. The van der Waals surface area contributed by atoms with Gasteiger partial charge in [0, 0.05) is 42.9 Å². The third-order valence-corrected chi connectivity index (χ3v) is 8.47. The third-order valence-electron chi connectivity index (χ3n) is 8.47. The van der Waals surface area contributed by atoms with E-state index in [4.69, 9.17) is 10.7 Å². The van der Waals surface area contributed by atoms with Crippen molar-refractivity contribution in [3.63, 3.8) is 0 Å². The van der Waals surface area contributed by atoms with Crippen molar-refractivity contribution in [2.75, 3.05) is 12.3 Å². The Morgan fingerprint density at radius 3 is 2.60 bits per heavy atom. The third kappa shape index (κ3) is 4.30. The molecular formula is C30H30F3N5O2. The number of nitrogens with zero attached hydrogens (tertiary/aromatic N) is 4. The van der Waals surface area contributed by atoms with E-state index >= 15 is 0 Å². The summed E-state index contributed by atoms with van der Waals surface area (Å²) in [5, 5.41) is 11.4. The highest BCUT2D eigenvalue weighted by molar-refractivity contribution is 5.86. The number of rotatable bonds is 4. The van der Waals surface area contributed by atoms with Gasteiger partial charge in [-0.05, 0) is 68.0 Å². The molecule has 0 radical (unpaired) electrons. The molecule has 7 nitrogen and oxygen atoms in total. The second-order valence-electron chi connectivity index (χ2n) is 11.0. The number of aromatic nitrogens is 3. The number of hydrogen-bond acceptors (Lipinski definition) is 5. The standard InChI is InChI=1S/C30H30F3N5O2/c1-17-14-18(7-10-23(17)29(2,40)20-4-3-5-21(15-20)30(31,32)33)25-26-27(34)35-12-13-37(26)28(36-25)19-6-8-22-9-11-24(39)38(22)16-19/h3-5,7,10,12-15,19,22,40H,6,8-9,11,16H2,1-2H3,(H2,34,35)/t19-,22+,29?/m1/s1. The maximum Gasteiger partial charge on any atom is 0.416 e. The number of halogens is 3. The number of imidazole rings is 1. The van der Waals surface area contributed by atoms with Gasteiger partial charge in [0.1, 0.15) is 28.5 Å². The molecule has 4 aromatic rings. The molecule has 1 unspecified atom stereocenters. The van der Waals surface area contributed by atoms with Gasteiger partial charge in [-0.15, -0.1) is 0 Å². The van der Waals surface area contributed by atoms with E-state index in [0.29, 0.717) is 47.2 Å². The minimum absolute atomic E-state index is 0.0448. The molecule has 0 bridgehead atoms. The summed E-state index contributed by atoms with van der Waals surface area (Å²) in [4.78, 5) is 23.7. The van der Waals surface area contributed by atoms with Gasteiger partial charge in [0.15, 0.2) is 0 Å². The monoisotopic (exact) mass is 549 g/mol. The van der Waals surface area contributed by atoms with Gasteiger partial charge in [0.2, 0.25) is 5.91 Å². The fourth-order valence-electron chi connectivity index (χ4n) is 6.36. The molecule has 10 heteroatoms. The number of hydrogen-bond donors (Lipinski definition) is 2. The van der Waals surface area contributed by atoms with Crippen molar-refractivity contribution in [1.82, 2.24) is 19.3 Å². The van der Waals surface area contributed by atoms with Gasteiger partial charge in [0.25, 0.3) is 0 Å². The van der Waals surface area contributed by atoms with Crippen molar-refractivity contribution in [3.8, 4) is 11.3 Å². The number of nitrogen functional groups attached to an aromatic ring is 1. The van der Waals surface area contributed by atoms with Gasteiger partial charge >= 0.3 is 6.18 Å². The second kappa shape index (κ2) is 9.33. The molecule has 0 aliphatic carbocycles. The summed E-state index contributed by atoms with van der Waals surface area (Å²) in [7, 11) is 0. The molecule has 2 aromatic heterocycles. The largest absolute Gasteiger partial charge is 0.416 e. The number of piperidine rings is 1. The first-order valence-electron chi connectivity index (χ1n) is 13.4. The minimum atomic E-state index is -4.51. The van der Waals surface area contributed by atoms with E-state index < -0.39 is 17.3 Å². The van der Waals surface area contributed by atoms with Crippen molar-refractivity contribution in [2.24, 2.45) is 0 Å². The lowest BCUT2D eigenvalue weighted by atomic mass is 9.84. The van der Waals surface area contributed by atoms with Crippen LogP contribution in [0, 0.1) is 6.92 Å². The first kappa shape index (κ1) is 26.3. The lowest BCUT2D eigenvalue weighted by molar-refractivity contribution is -0.137. The zero-order chi connectivity index (χ0) is 28.4. The van der Waals surface area contributed by atoms with Crippen molar-refractivity contribution in [2.45, 2.75) is 63.3 Å². The van der Waals surface area contributed by atoms with Gasteiger partial charge in [-0.1, -0.05) is 24.3 Å². The van der Waals surface area contributed by atoms with Gasteiger partial charge in [0.05, 0.1) is 5.56 Å². The smallest absolute Gasteiger partial charge is 0.382 e. The van der Waals surface area contributed by atoms with E-state index in [1.807, 2.05) is 28.5 Å². The lowest BCUT2D eigenvalue weighted by Gasteiger charge is -2.34. The summed E-state index contributed by atoms with van der Waals surface area (Å²) in [5.74, 6) is 1.37. The normalized spacial score (nSPS) is 21.1. The van der Waals surface area contributed by atoms with Crippen LogP contribution in [0.2, 0.25) is 0 Å². The highest BCUT2D eigenvalue weighted by Gasteiger charge is 2.39. The van der Waals surface area contributed by atoms with Crippen LogP contribution >= 0.6 is 0 Å². The van der Waals surface area contributed by atoms with Gasteiger partial charge in [-0.3, -0.25) is 9.20 Å². The van der Waals surface area contributed by atoms with Gasteiger partial charge < -0.3 is 15.7 Å². The van der Waals surface area contributed by atoms with E-state index in [1.165, 1.54) is 19.1 Å². The maximum atomic E-state index is 13.3. The van der Waals surface area contributed by atoms with Crippen LogP contribution in [0.4, 0.5) is 19.0 Å². The van der Waals surface area contributed by atoms with Crippen molar-refractivity contribution < 1.29 is 23.1 Å². The van der Waals surface area contributed by atoms with Crippen LogP contribution in [0.3, 0.4) is 0 Å². The Balaban J connectivity index is 1.39. The zero-order valence-corrected chi connectivity index (χ0v) is 22.2. The van der Waals surface area contributed by atoms with E-state index in [9.17, 15) is 23.1 Å². The number of anilines is 1. The van der Waals surface area contributed by atoms with Crippen molar-refractivity contribution >= 4 is 17.2 Å². The van der Waals surface area contributed by atoms with Crippen LogP contribution in [-0.2, 0) is 16.6 Å². The predicted octanol–water partition coefficient (Wildman–Crippen LogP) is 5.43. The topological polar surface area (TPSA) is 96.8 Å². The first-order chi connectivity index (χ1) is 18.9. The molecule has 2 aliphatic heterocycles. The quantitative estimate of drug-likeness (QED) is 0.354. The zero-order valence-electron chi connectivity index (χ0n) is 22.2. The molecule has 1 amide bonds. The summed E-state index contributed by atoms with van der Waals surface area (Å²) < 4.78 is 41.9. The number of alkyl halides is 3. The minimum Gasteiger partial charge on any atom is -0.382 e. The molecule has 40 heavy (non-hydrogen) atoms. The average molecular weight is 550 g/mol. The molecule has 6 rings (SSSR count). The fraction of sp³-hybridized carbons (Fsp3) is 0.367. The first-order valence-corrected chi connectivity index (χ1v) is 13.4. The lowest BCUT2D eigenvalue weighted by Crippen LogP contribution is -2.41. The molecule has 3 atom stereocenters. The predicted molar refractivity (Wildman–Crippen MR) is 144 cm³/mol. The van der Waals surface area contributed by atoms with E-state index in [0.717, 1.165) is 42.8 Å². The SMILES string of the molecule is Cc1cc(-c2nc([C@@H]3CC[C@H]4CCC(=O)N4C3)n3ccnc(N)c23)ccc1C(C)(O)c1cccc(C(F)(F)F)c1. The number of benzene rings is 2. The Morgan fingerprint density at radius 1 is 1.07 bits per heavy atom. The number of aliphatic hydroxyl groups is 1. The molecule has 2 aromatic carbocycles. The van der Waals surface area contributed by atoms with E-state index in [1.54, 1.807) is 18.3 Å². The van der Waals surface area contributed by atoms with Crippen LogP contribution in [0.25, 0.3) is 16.8 Å². The van der Waals surface area contributed by atoms with Gasteiger partial charge in [-0.25, -0.2) is 9.97 Å². The second-order valence-corrected chi connectivity index (χ2v) is 11.0. The van der Waals surface area contributed by atoms with Crippen LogP contribution in [0.1, 0.15) is 66.6 Å². The molecule has 4 heterocycles. The van der Waals surface area contributed by atoms with Crippen LogP contribution in [0.15, 0.2) is 54.9 Å². The Hall–Kier alpha value is -3.92. The molecule has 2 saturated heterocycles. The number of aryl methyl sites for hydroxylation is 1. The molecule has 208 valence electrons. The summed E-state index contributed by atoms with van der Waals surface area (Å²) in [5.41, 5.74) is 7.21. The Bertz CT molecular complexity index is 1630. The van der Waals surface area contributed by atoms with E-state index in [-0.39, 0.29) is 17.4 Å². The summed E-state index contributed by atoms with van der Waals surface area (Å²) in [6.45, 7) is 3.91. The molecule has 3 N–H and O–H groups in total. The highest BCUT2D eigenvalue weighted by Crippen LogP contribution is 2.40. The number of amides is 1. The Morgan fingerprint density at radius 2 is 1.85 bits per heavy atom. The molecule has 2 aliphatic rings. The van der Waals surface area contributed by atoms with Crippen molar-refractivity contribution in [3.05, 3.63) is 82.9 Å². The summed E-state index contributed by atoms with van der Waals surface area (Å²) in [6, 6.07) is 10.4. The number of carbonyl (C=O) groups excluding carboxylic acids is 1. The molecule has 0 spiro atoms. The average Bonchev–Trinajstić information content (AvgIpc) is 3.49. The maximum absolute atomic E-state index is 13.3. The van der Waals surface area contributed by atoms with Gasteiger partial charge in [-0.2, -0.15) is 13.2 Å². The highest BCUT2D eigenvalue weighted by atomic mass is 19.4. The van der Waals surface area contributed by atoms with Crippen LogP contribution in [0.5, 0.6) is 0 Å². The van der Waals surface area contributed by atoms with E-state index in [2.05, 4.69) is 4.98 Å². The number of fused-ring (bicyclic) bond motifs is 2.